The maximum absolute atomic E-state index is 13.2. The van der Waals surface area contributed by atoms with E-state index in [1.807, 2.05) is 72.8 Å². The number of amides is 2. The molecule has 0 saturated heterocycles. The number of anilines is 2. The van der Waals surface area contributed by atoms with Crippen LogP contribution in [0.2, 0.25) is 0 Å². The number of pyridine rings is 1. The van der Waals surface area contributed by atoms with Gasteiger partial charge in [0.25, 0.3) is 0 Å². The van der Waals surface area contributed by atoms with E-state index in [0.29, 0.717) is 48.0 Å². The van der Waals surface area contributed by atoms with Crippen molar-refractivity contribution in [2.75, 3.05) is 23.8 Å². The molecule has 7 N–H and O–H groups in total. The van der Waals surface area contributed by atoms with Gasteiger partial charge in [-0.25, -0.2) is 4.79 Å². The molecule has 1 aliphatic carbocycles. The van der Waals surface area contributed by atoms with Gasteiger partial charge in [-0.15, -0.1) is 0 Å². The second kappa shape index (κ2) is 17.4. The Kier molecular flexibility index (Phi) is 12.2. The van der Waals surface area contributed by atoms with Crippen LogP contribution in [0.25, 0.3) is 22.0 Å². The standard InChI is InChI=1S/C42H47N5O6/c1-47(31-15-10-28(11-16-31)25-44-26-38(49)34-20-22-37(48)41-35(34)21-23-39(50)46-41)40(51)9-5-6-27-12-19-33(29-7-3-2-4-8-29)36(24-27)45-42(52)53-32-17-13-30(43)14-18-32/h2-4,7-8,10-12,15-16,19-24,30,32,38,44,48-49H,5-6,9,13-14,17-18,25-26,43H2,1H3,(H,45,52)(H,46,50)/t30?,32?,38-/m0/s1. The number of phenols is 1. The van der Waals surface area contributed by atoms with Gasteiger partial charge in [-0.05, 0) is 91.1 Å². The third-order valence-electron chi connectivity index (χ3n) is 9.88. The summed E-state index contributed by atoms with van der Waals surface area (Å²) in [5, 5.41) is 27.8. The molecule has 0 unspecified atom stereocenters. The van der Waals surface area contributed by atoms with Crippen molar-refractivity contribution in [3.63, 3.8) is 0 Å². The van der Waals surface area contributed by atoms with Crippen molar-refractivity contribution in [2.24, 2.45) is 5.73 Å². The summed E-state index contributed by atoms with van der Waals surface area (Å²) in [6.07, 6.45) is 3.40. The lowest BCUT2D eigenvalue weighted by Crippen LogP contribution is -2.32. The fourth-order valence-corrected chi connectivity index (χ4v) is 6.82. The summed E-state index contributed by atoms with van der Waals surface area (Å²) in [6, 6.07) is 29.8. The number of hydrogen-bond donors (Lipinski definition) is 6. The molecule has 6 rings (SSSR count). The van der Waals surface area contributed by atoms with Gasteiger partial charge in [0, 0.05) is 55.3 Å². The SMILES string of the molecule is CN(C(=O)CCCc1ccc(-c2ccccc2)c(NC(=O)OC2CCC(N)CC2)c1)c1ccc(CNC[C@H](O)c2ccc(O)c3[nH]c(=O)ccc23)cc1. The molecule has 11 nitrogen and oxygen atoms in total. The van der Waals surface area contributed by atoms with Gasteiger partial charge in [0.15, 0.2) is 0 Å². The predicted molar refractivity (Wildman–Crippen MR) is 208 cm³/mol. The van der Waals surface area contributed by atoms with E-state index in [0.717, 1.165) is 53.6 Å². The summed E-state index contributed by atoms with van der Waals surface area (Å²) in [4.78, 5) is 42.1. The highest BCUT2D eigenvalue weighted by Crippen LogP contribution is 2.31. The monoisotopic (exact) mass is 717 g/mol. The summed E-state index contributed by atoms with van der Waals surface area (Å²) in [6.45, 7) is 0.751. The normalized spacial score (nSPS) is 16.2. The van der Waals surface area contributed by atoms with Gasteiger partial charge in [0.1, 0.15) is 11.9 Å². The van der Waals surface area contributed by atoms with Crippen molar-refractivity contribution in [2.45, 2.75) is 69.7 Å². The van der Waals surface area contributed by atoms with Crippen LogP contribution in [0.4, 0.5) is 16.2 Å². The van der Waals surface area contributed by atoms with E-state index in [1.165, 1.54) is 12.1 Å². The molecule has 1 saturated carbocycles. The zero-order valence-electron chi connectivity index (χ0n) is 29.9. The summed E-state index contributed by atoms with van der Waals surface area (Å²) >= 11 is 0. The molecule has 276 valence electrons. The van der Waals surface area contributed by atoms with Crippen LogP contribution in [-0.2, 0) is 22.5 Å². The van der Waals surface area contributed by atoms with E-state index in [2.05, 4.69) is 15.6 Å². The van der Waals surface area contributed by atoms with Crippen LogP contribution in [-0.4, -0.2) is 52.9 Å². The van der Waals surface area contributed by atoms with Crippen LogP contribution < -0.4 is 26.8 Å². The molecule has 1 aromatic heterocycles. The Bertz CT molecular complexity index is 2080. The number of nitrogens with zero attached hydrogens (tertiary/aromatic N) is 1. The molecule has 1 fully saturated rings. The largest absolute Gasteiger partial charge is 0.506 e. The van der Waals surface area contributed by atoms with E-state index in [1.54, 1.807) is 24.1 Å². The Morgan fingerprint density at radius 1 is 0.943 bits per heavy atom. The van der Waals surface area contributed by atoms with Gasteiger partial charge < -0.3 is 35.9 Å². The number of ether oxygens (including phenoxy) is 1. The molecule has 4 aromatic carbocycles. The Labute approximate surface area is 308 Å². The lowest BCUT2D eigenvalue weighted by molar-refractivity contribution is -0.118. The number of hydrogen-bond acceptors (Lipinski definition) is 8. The summed E-state index contributed by atoms with van der Waals surface area (Å²) in [5.41, 5.74) is 11.9. The first-order valence-electron chi connectivity index (χ1n) is 18.2. The lowest BCUT2D eigenvalue weighted by atomic mass is 9.94. The van der Waals surface area contributed by atoms with Crippen LogP contribution in [0.5, 0.6) is 5.75 Å². The topological polar surface area (TPSA) is 170 Å². The Balaban J connectivity index is 0.997. The van der Waals surface area contributed by atoms with Gasteiger partial charge in [0.05, 0.1) is 17.3 Å². The minimum absolute atomic E-state index is 0.00324. The number of aromatic amines is 1. The summed E-state index contributed by atoms with van der Waals surface area (Å²) in [5.74, 6) is -0.0567. The number of aromatic nitrogens is 1. The highest BCUT2D eigenvalue weighted by Gasteiger charge is 2.22. The van der Waals surface area contributed by atoms with Crippen molar-refractivity contribution < 1.29 is 24.5 Å². The third-order valence-corrected chi connectivity index (χ3v) is 9.88. The van der Waals surface area contributed by atoms with E-state index >= 15 is 0 Å². The number of phenolic OH excluding ortho intramolecular Hbond substituents is 1. The quantitative estimate of drug-likeness (QED) is 0.0799. The number of benzene rings is 4. The molecule has 0 bridgehead atoms. The Hall–Kier alpha value is -5.49. The zero-order chi connectivity index (χ0) is 37.3. The van der Waals surface area contributed by atoms with Crippen molar-refractivity contribution in [3.8, 4) is 16.9 Å². The first-order chi connectivity index (χ1) is 25.6. The van der Waals surface area contributed by atoms with Gasteiger partial charge >= 0.3 is 6.09 Å². The summed E-state index contributed by atoms with van der Waals surface area (Å²) in [7, 11) is 1.77. The lowest BCUT2D eigenvalue weighted by Gasteiger charge is -2.26. The van der Waals surface area contributed by atoms with Crippen LogP contribution >= 0.6 is 0 Å². The number of fused-ring (bicyclic) bond motifs is 1. The maximum Gasteiger partial charge on any atom is 0.411 e. The molecule has 53 heavy (non-hydrogen) atoms. The molecule has 1 atom stereocenters. The number of carbonyl (C=O) groups is 2. The highest BCUT2D eigenvalue weighted by atomic mass is 16.6. The van der Waals surface area contributed by atoms with E-state index in [-0.39, 0.29) is 35.9 Å². The highest BCUT2D eigenvalue weighted by molar-refractivity contribution is 5.93. The summed E-state index contributed by atoms with van der Waals surface area (Å²) < 4.78 is 5.74. The number of H-pyrrole nitrogens is 1. The van der Waals surface area contributed by atoms with Crippen LogP contribution in [0, 0.1) is 0 Å². The first-order valence-corrected chi connectivity index (χ1v) is 18.2. The molecule has 0 spiro atoms. The second-order valence-electron chi connectivity index (χ2n) is 13.7. The second-order valence-corrected chi connectivity index (χ2v) is 13.7. The molecule has 1 aliphatic rings. The fraction of sp³-hybridized carbons (Fsp3) is 0.310. The predicted octanol–water partition coefficient (Wildman–Crippen LogP) is 6.53. The van der Waals surface area contributed by atoms with E-state index in [9.17, 15) is 24.6 Å². The average Bonchev–Trinajstić information content (AvgIpc) is 3.16. The maximum atomic E-state index is 13.2. The number of nitrogens with one attached hydrogen (secondary N) is 3. The zero-order valence-corrected chi connectivity index (χ0v) is 29.9. The fourth-order valence-electron chi connectivity index (χ4n) is 6.82. The molecular weight excluding hydrogens is 670 g/mol. The molecule has 1 heterocycles. The smallest absolute Gasteiger partial charge is 0.411 e. The molecular formula is C42H47N5O6. The molecule has 2 amide bonds. The number of aliphatic hydroxyl groups excluding tert-OH is 1. The number of aryl methyl sites for hydroxylation is 1. The third kappa shape index (κ3) is 9.69. The average molecular weight is 718 g/mol. The van der Waals surface area contributed by atoms with Crippen LogP contribution in [0.3, 0.4) is 0 Å². The van der Waals surface area contributed by atoms with Crippen LogP contribution in [0.1, 0.15) is 61.3 Å². The van der Waals surface area contributed by atoms with Crippen molar-refractivity contribution in [3.05, 3.63) is 124 Å². The molecule has 11 heteroatoms. The number of carbonyl (C=O) groups excluding carboxylic acids is 2. The van der Waals surface area contributed by atoms with Gasteiger partial charge in [-0.2, -0.15) is 0 Å². The number of aromatic hydroxyl groups is 1. The number of nitrogens with two attached hydrogens (primary N) is 1. The minimum Gasteiger partial charge on any atom is -0.506 e. The number of aliphatic hydroxyl groups is 1. The van der Waals surface area contributed by atoms with E-state index in [4.69, 9.17) is 10.5 Å². The van der Waals surface area contributed by atoms with Gasteiger partial charge in [0.2, 0.25) is 11.5 Å². The van der Waals surface area contributed by atoms with Crippen LogP contribution in [0.15, 0.2) is 102 Å². The van der Waals surface area contributed by atoms with Crippen molar-refractivity contribution in [1.29, 1.82) is 0 Å². The first kappa shape index (κ1) is 37.3. The molecule has 0 aliphatic heterocycles. The van der Waals surface area contributed by atoms with Crippen molar-refractivity contribution in [1.82, 2.24) is 10.3 Å². The van der Waals surface area contributed by atoms with Crippen molar-refractivity contribution >= 4 is 34.3 Å². The molecule has 5 aromatic rings. The Morgan fingerprint density at radius 3 is 2.43 bits per heavy atom. The van der Waals surface area contributed by atoms with Gasteiger partial charge in [-0.3, -0.25) is 14.9 Å². The minimum atomic E-state index is -0.861. The van der Waals surface area contributed by atoms with E-state index < -0.39 is 12.2 Å². The number of rotatable bonds is 13. The van der Waals surface area contributed by atoms with Gasteiger partial charge in [-0.1, -0.05) is 60.7 Å². The molecule has 0 radical (unpaired) electrons. The Morgan fingerprint density at radius 2 is 1.68 bits per heavy atom.